The van der Waals surface area contributed by atoms with Crippen LogP contribution in [-0.4, -0.2) is 35.1 Å². The average molecular weight is 248 g/mol. The molecule has 4 nitrogen and oxygen atoms in total. The highest BCUT2D eigenvalue weighted by atomic mass is 15.2. The van der Waals surface area contributed by atoms with Gasteiger partial charge in [-0.05, 0) is 11.8 Å². The van der Waals surface area contributed by atoms with Crippen LogP contribution >= 0.6 is 0 Å². The fourth-order valence-corrected chi connectivity index (χ4v) is 2.50. The lowest BCUT2D eigenvalue weighted by Gasteiger charge is -2.45. The van der Waals surface area contributed by atoms with E-state index in [1.807, 2.05) is 12.4 Å². The molecule has 1 saturated heterocycles. The van der Waals surface area contributed by atoms with Crippen molar-refractivity contribution >= 4 is 5.69 Å². The lowest BCUT2D eigenvalue weighted by atomic mass is 9.84. The highest BCUT2D eigenvalue weighted by Gasteiger charge is 2.33. The van der Waals surface area contributed by atoms with Crippen LogP contribution in [0.5, 0.6) is 0 Å². The number of hydrogen-bond acceptors (Lipinski definition) is 4. The predicted molar refractivity (Wildman–Crippen MR) is 74.7 cm³/mol. The molecule has 1 aliphatic heterocycles. The quantitative estimate of drug-likeness (QED) is 0.870. The molecule has 0 radical (unpaired) electrons. The Hall–Kier alpha value is -1.16. The van der Waals surface area contributed by atoms with Gasteiger partial charge in [0.1, 0.15) is 6.33 Å². The van der Waals surface area contributed by atoms with E-state index in [4.69, 9.17) is 0 Å². The Balaban J connectivity index is 2.19. The Morgan fingerprint density at radius 1 is 1.33 bits per heavy atom. The Kier molecular flexibility index (Phi) is 3.85. The highest BCUT2D eigenvalue weighted by molar-refractivity contribution is 5.44. The van der Waals surface area contributed by atoms with Crippen molar-refractivity contribution in [2.45, 2.75) is 46.2 Å². The first-order chi connectivity index (χ1) is 8.52. The van der Waals surface area contributed by atoms with Crippen LogP contribution in [0.3, 0.4) is 0 Å². The van der Waals surface area contributed by atoms with Crippen molar-refractivity contribution in [2.75, 3.05) is 18.0 Å². The number of piperazine rings is 1. The summed E-state index contributed by atoms with van der Waals surface area (Å²) in [5.41, 5.74) is 1.41. The van der Waals surface area contributed by atoms with Crippen molar-refractivity contribution in [3.8, 4) is 0 Å². The summed E-state index contributed by atoms with van der Waals surface area (Å²) < 4.78 is 0. The number of nitrogens with zero attached hydrogens (tertiary/aromatic N) is 3. The summed E-state index contributed by atoms with van der Waals surface area (Å²) in [7, 11) is 0. The summed E-state index contributed by atoms with van der Waals surface area (Å²) in [6.45, 7) is 11.2. The molecule has 1 N–H and O–H groups in total. The van der Waals surface area contributed by atoms with Gasteiger partial charge in [0.25, 0.3) is 0 Å². The van der Waals surface area contributed by atoms with Gasteiger partial charge in [0, 0.05) is 25.2 Å². The van der Waals surface area contributed by atoms with Gasteiger partial charge < -0.3 is 10.2 Å². The zero-order chi connectivity index (χ0) is 13.2. The van der Waals surface area contributed by atoms with Gasteiger partial charge in [-0.3, -0.25) is 0 Å². The molecule has 0 spiro atoms. The van der Waals surface area contributed by atoms with Crippen LogP contribution in [0.1, 0.15) is 34.1 Å². The summed E-state index contributed by atoms with van der Waals surface area (Å²) >= 11 is 0. The monoisotopic (exact) mass is 248 g/mol. The molecule has 2 heterocycles. The third-order valence-electron chi connectivity index (χ3n) is 3.82. The maximum absolute atomic E-state index is 4.14. The van der Waals surface area contributed by atoms with E-state index in [1.54, 1.807) is 6.33 Å². The van der Waals surface area contributed by atoms with Crippen LogP contribution in [-0.2, 0) is 0 Å². The van der Waals surface area contributed by atoms with Crippen LogP contribution in [0.4, 0.5) is 5.69 Å². The van der Waals surface area contributed by atoms with Crippen LogP contribution in [0.15, 0.2) is 18.7 Å². The second-order valence-corrected chi connectivity index (χ2v) is 6.14. The smallest absolute Gasteiger partial charge is 0.115 e. The molecular weight excluding hydrogens is 224 g/mol. The van der Waals surface area contributed by atoms with E-state index in [2.05, 4.69) is 47.9 Å². The molecule has 1 fully saturated rings. The molecule has 2 atom stereocenters. The molecule has 0 saturated carbocycles. The largest absolute Gasteiger partial charge is 0.363 e. The minimum atomic E-state index is 0.270. The molecule has 0 aromatic carbocycles. The third kappa shape index (κ3) is 2.80. The minimum Gasteiger partial charge on any atom is -0.363 e. The van der Waals surface area contributed by atoms with E-state index >= 15 is 0 Å². The fraction of sp³-hybridized carbons (Fsp3) is 0.714. The third-order valence-corrected chi connectivity index (χ3v) is 3.82. The van der Waals surface area contributed by atoms with Crippen molar-refractivity contribution in [1.29, 1.82) is 0 Å². The number of anilines is 1. The first-order valence-electron chi connectivity index (χ1n) is 6.77. The zero-order valence-corrected chi connectivity index (χ0v) is 11.8. The molecule has 0 bridgehead atoms. The maximum atomic E-state index is 4.14. The van der Waals surface area contributed by atoms with Crippen LogP contribution in [0.25, 0.3) is 0 Å². The van der Waals surface area contributed by atoms with Crippen LogP contribution in [0.2, 0.25) is 0 Å². The zero-order valence-electron chi connectivity index (χ0n) is 11.8. The molecular formula is C14H24N4. The van der Waals surface area contributed by atoms with Gasteiger partial charge in [0.15, 0.2) is 0 Å². The first kappa shape index (κ1) is 13.3. The SMILES string of the molecule is CCC1CNC(C(C)(C)C)CN1c1cncnc1. The number of hydrogen-bond donors (Lipinski definition) is 1. The van der Waals surface area contributed by atoms with Gasteiger partial charge in [-0.25, -0.2) is 9.97 Å². The number of aromatic nitrogens is 2. The van der Waals surface area contributed by atoms with Crippen molar-refractivity contribution in [2.24, 2.45) is 5.41 Å². The molecule has 4 heteroatoms. The van der Waals surface area contributed by atoms with E-state index in [0.29, 0.717) is 12.1 Å². The van der Waals surface area contributed by atoms with E-state index < -0.39 is 0 Å². The predicted octanol–water partition coefficient (Wildman–Crippen LogP) is 2.08. The van der Waals surface area contributed by atoms with Crippen molar-refractivity contribution in [3.05, 3.63) is 18.7 Å². The van der Waals surface area contributed by atoms with Crippen molar-refractivity contribution in [3.63, 3.8) is 0 Å². The van der Waals surface area contributed by atoms with Crippen molar-refractivity contribution in [1.82, 2.24) is 15.3 Å². The van der Waals surface area contributed by atoms with Gasteiger partial charge in [-0.1, -0.05) is 27.7 Å². The maximum Gasteiger partial charge on any atom is 0.115 e. The number of nitrogens with one attached hydrogen (secondary N) is 1. The Labute approximate surface area is 110 Å². The van der Waals surface area contributed by atoms with E-state index in [1.165, 1.54) is 0 Å². The fourth-order valence-electron chi connectivity index (χ4n) is 2.50. The Morgan fingerprint density at radius 3 is 2.56 bits per heavy atom. The molecule has 100 valence electrons. The molecule has 0 amide bonds. The molecule has 2 rings (SSSR count). The van der Waals surface area contributed by atoms with Gasteiger partial charge >= 0.3 is 0 Å². The average Bonchev–Trinajstić information content (AvgIpc) is 2.38. The second kappa shape index (κ2) is 5.22. The number of rotatable bonds is 2. The minimum absolute atomic E-state index is 0.270. The Bertz CT molecular complexity index is 371. The Morgan fingerprint density at radius 2 is 2.00 bits per heavy atom. The van der Waals surface area contributed by atoms with E-state index in [9.17, 15) is 0 Å². The molecule has 1 aromatic heterocycles. The molecule has 18 heavy (non-hydrogen) atoms. The summed E-state index contributed by atoms with van der Waals surface area (Å²) in [4.78, 5) is 10.7. The second-order valence-electron chi connectivity index (χ2n) is 6.14. The van der Waals surface area contributed by atoms with E-state index in [0.717, 1.165) is 25.2 Å². The van der Waals surface area contributed by atoms with Gasteiger partial charge in [-0.2, -0.15) is 0 Å². The summed E-state index contributed by atoms with van der Waals surface area (Å²) in [5.74, 6) is 0. The van der Waals surface area contributed by atoms with Crippen LogP contribution < -0.4 is 10.2 Å². The summed E-state index contributed by atoms with van der Waals surface area (Å²) in [5, 5.41) is 3.68. The lowest BCUT2D eigenvalue weighted by molar-refractivity contribution is 0.233. The van der Waals surface area contributed by atoms with Gasteiger partial charge in [0.05, 0.1) is 18.1 Å². The normalized spacial score (nSPS) is 25.2. The molecule has 0 aliphatic carbocycles. The molecule has 2 unspecified atom stereocenters. The summed E-state index contributed by atoms with van der Waals surface area (Å²) in [6.07, 6.45) is 6.56. The van der Waals surface area contributed by atoms with Crippen LogP contribution in [0, 0.1) is 5.41 Å². The molecule has 1 aliphatic rings. The topological polar surface area (TPSA) is 41.0 Å². The van der Waals surface area contributed by atoms with E-state index in [-0.39, 0.29) is 5.41 Å². The first-order valence-corrected chi connectivity index (χ1v) is 6.77. The molecule has 1 aromatic rings. The lowest BCUT2D eigenvalue weighted by Crippen LogP contribution is -2.60. The highest BCUT2D eigenvalue weighted by Crippen LogP contribution is 2.27. The standard InChI is InChI=1S/C14H24N4/c1-5-11-8-17-13(14(2,3)4)9-18(11)12-6-15-10-16-7-12/h6-7,10-11,13,17H,5,8-9H2,1-4H3. The van der Waals surface area contributed by atoms with Gasteiger partial charge in [-0.15, -0.1) is 0 Å². The van der Waals surface area contributed by atoms with Gasteiger partial charge in [0.2, 0.25) is 0 Å². The summed E-state index contributed by atoms with van der Waals surface area (Å²) in [6, 6.07) is 1.04. The van der Waals surface area contributed by atoms with Crippen molar-refractivity contribution < 1.29 is 0 Å².